The number of piperidine rings is 1. The maximum Gasteiger partial charge on any atom is 0.228 e. The third-order valence-corrected chi connectivity index (χ3v) is 3.58. The summed E-state index contributed by atoms with van der Waals surface area (Å²) < 4.78 is 0. The molecule has 17 heavy (non-hydrogen) atoms. The predicted octanol–water partition coefficient (Wildman–Crippen LogP) is 0.538. The van der Waals surface area contributed by atoms with Crippen molar-refractivity contribution in [3.05, 3.63) is 18.0 Å². The SMILES string of the molecule is C[C@H]1CCCN(C(=O)Cc2ccn[nH]2)[C@H]1CN. The lowest BCUT2D eigenvalue weighted by Crippen LogP contribution is -2.51. The van der Waals surface area contributed by atoms with Gasteiger partial charge in [-0.2, -0.15) is 5.10 Å². The largest absolute Gasteiger partial charge is 0.338 e. The van der Waals surface area contributed by atoms with Crippen LogP contribution in [-0.2, 0) is 11.2 Å². The average Bonchev–Trinajstić information content (AvgIpc) is 2.81. The summed E-state index contributed by atoms with van der Waals surface area (Å²) in [5.41, 5.74) is 6.65. The van der Waals surface area contributed by atoms with Crippen LogP contribution in [0.1, 0.15) is 25.5 Å². The summed E-state index contributed by atoms with van der Waals surface area (Å²) in [5.74, 6) is 0.649. The molecule has 0 spiro atoms. The maximum absolute atomic E-state index is 12.2. The van der Waals surface area contributed by atoms with Gasteiger partial charge in [-0.05, 0) is 24.8 Å². The Kier molecular flexibility index (Phi) is 3.78. The lowest BCUT2D eigenvalue weighted by molar-refractivity contribution is -0.135. The number of nitrogens with zero attached hydrogens (tertiary/aromatic N) is 2. The van der Waals surface area contributed by atoms with Crippen LogP contribution in [0.5, 0.6) is 0 Å². The van der Waals surface area contributed by atoms with E-state index < -0.39 is 0 Å². The van der Waals surface area contributed by atoms with Crippen molar-refractivity contribution in [1.29, 1.82) is 0 Å². The molecule has 0 aromatic carbocycles. The summed E-state index contributed by atoms with van der Waals surface area (Å²) in [4.78, 5) is 14.1. The molecule has 2 atom stereocenters. The number of aromatic amines is 1. The third kappa shape index (κ3) is 2.66. The van der Waals surface area contributed by atoms with Gasteiger partial charge in [0.15, 0.2) is 0 Å². The Morgan fingerprint density at radius 2 is 2.53 bits per heavy atom. The highest BCUT2D eigenvalue weighted by Gasteiger charge is 2.30. The van der Waals surface area contributed by atoms with Crippen LogP contribution >= 0.6 is 0 Å². The molecule has 1 amide bonds. The van der Waals surface area contributed by atoms with E-state index in [1.54, 1.807) is 6.20 Å². The molecule has 5 heteroatoms. The lowest BCUT2D eigenvalue weighted by atomic mass is 9.90. The molecular formula is C12H20N4O. The quantitative estimate of drug-likeness (QED) is 0.804. The Morgan fingerprint density at radius 3 is 3.18 bits per heavy atom. The number of likely N-dealkylation sites (tertiary alicyclic amines) is 1. The van der Waals surface area contributed by atoms with Crippen LogP contribution in [0.4, 0.5) is 0 Å². The summed E-state index contributed by atoms with van der Waals surface area (Å²) in [5, 5.41) is 6.68. The number of rotatable bonds is 3. The van der Waals surface area contributed by atoms with Gasteiger partial charge in [-0.3, -0.25) is 9.89 Å². The van der Waals surface area contributed by atoms with Gasteiger partial charge in [0.1, 0.15) is 0 Å². The molecule has 1 fully saturated rings. The van der Waals surface area contributed by atoms with Crippen molar-refractivity contribution in [3.63, 3.8) is 0 Å². The number of carbonyl (C=O) groups is 1. The molecule has 1 saturated heterocycles. The highest BCUT2D eigenvalue weighted by molar-refractivity contribution is 5.78. The van der Waals surface area contributed by atoms with E-state index in [4.69, 9.17) is 5.73 Å². The molecule has 0 radical (unpaired) electrons. The van der Waals surface area contributed by atoms with Gasteiger partial charge in [0, 0.05) is 31.0 Å². The van der Waals surface area contributed by atoms with Crippen molar-refractivity contribution in [2.75, 3.05) is 13.1 Å². The summed E-state index contributed by atoms with van der Waals surface area (Å²) in [7, 11) is 0. The van der Waals surface area contributed by atoms with Gasteiger partial charge in [-0.1, -0.05) is 6.92 Å². The van der Waals surface area contributed by atoms with Crippen molar-refractivity contribution in [2.24, 2.45) is 11.7 Å². The van der Waals surface area contributed by atoms with Crippen LogP contribution in [0, 0.1) is 5.92 Å². The fourth-order valence-electron chi connectivity index (χ4n) is 2.57. The molecule has 0 bridgehead atoms. The molecule has 5 nitrogen and oxygen atoms in total. The second-order valence-electron chi connectivity index (χ2n) is 4.77. The second-order valence-corrected chi connectivity index (χ2v) is 4.77. The highest BCUT2D eigenvalue weighted by Crippen LogP contribution is 2.23. The molecule has 3 N–H and O–H groups in total. The Bertz CT molecular complexity index is 363. The Hall–Kier alpha value is -1.36. The van der Waals surface area contributed by atoms with E-state index in [0.717, 1.165) is 25.1 Å². The van der Waals surface area contributed by atoms with Gasteiger partial charge in [-0.25, -0.2) is 0 Å². The molecular weight excluding hydrogens is 216 g/mol. The second kappa shape index (κ2) is 5.31. The van der Waals surface area contributed by atoms with E-state index in [0.29, 0.717) is 18.9 Å². The topological polar surface area (TPSA) is 75.0 Å². The molecule has 2 rings (SSSR count). The first-order valence-corrected chi connectivity index (χ1v) is 6.20. The minimum absolute atomic E-state index is 0.149. The minimum atomic E-state index is 0.149. The lowest BCUT2D eigenvalue weighted by Gasteiger charge is -2.39. The number of H-pyrrole nitrogens is 1. The van der Waals surface area contributed by atoms with Gasteiger partial charge in [0.05, 0.1) is 6.42 Å². The summed E-state index contributed by atoms with van der Waals surface area (Å²) in [6.07, 6.45) is 4.30. The molecule has 1 aromatic rings. The summed E-state index contributed by atoms with van der Waals surface area (Å²) in [6.45, 7) is 3.56. The number of aromatic nitrogens is 2. The number of hydrogen-bond donors (Lipinski definition) is 2. The molecule has 1 aliphatic rings. The van der Waals surface area contributed by atoms with E-state index in [2.05, 4.69) is 17.1 Å². The van der Waals surface area contributed by atoms with Crippen LogP contribution in [0.25, 0.3) is 0 Å². The predicted molar refractivity (Wildman–Crippen MR) is 65.2 cm³/mol. The van der Waals surface area contributed by atoms with Crippen LogP contribution in [-0.4, -0.2) is 40.1 Å². The molecule has 1 aliphatic heterocycles. The Morgan fingerprint density at radius 1 is 1.71 bits per heavy atom. The average molecular weight is 236 g/mol. The molecule has 0 saturated carbocycles. The zero-order chi connectivity index (χ0) is 12.3. The van der Waals surface area contributed by atoms with Gasteiger partial charge >= 0.3 is 0 Å². The van der Waals surface area contributed by atoms with Crippen LogP contribution < -0.4 is 5.73 Å². The monoisotopic (exact) mass is 236 g/mol. The van der Waals surface area contributed by atoms with Crippen molar-refractivity contribution >= 4 is 5.91 Å². The van der Waals surface area contributed by atoms with E-state index in [1.165, 1.54) is 0 Å². The number of hydrogen-bond acceptors (Lipinski definition) is 3. The van der Waals surface area contributed by atoms with Crippen LogP contribution in [0.15, 0.2) is 12.3 Å². The van der Waals surface area contributed by atoms with Gasteiger partial charge < -0.3 is 10.6 Å². The number of nitrogens with one attached hydrogen (secondary N) is 1. The molecule has 2 heterocycles. The van der Waals surface area contributed by atoms with E-state index in [1.807, 2.05) is 11.0 Å². The fraction of sp³-hybridized carbons (Fsp3) is 0.667. The molecule has 0 aliphatic carbocycles. The van der Waals surface area contributed by atoms with Gasteiger partial charge in [0.25, 0.3) is 0 Å². The zero-order valence-electron chi connectivity index (χ0n) is 10.2. The van der Waals surface area contributed by atoms with Crippen molar-refractivity contribution in [1.82, 2.24) is 15.1 Å². The summed E-state index contributed by atoms with van der Waals surface area (Å²) in [6, 6.07) is 2.03. The first-order chi connectivity index (χ1) is 8.22. The first-order valence-electron chi connectivity index (χ1n) is 6.20. The molecule has 1 aromatic heterocycles. The fourth-order valence-corrected chi connectivity index (χ4v) is 2.57. The van der Waals surface area contributed by atoms with E-state index in [9.17, 15) is 4.79 Å². The van der Waals surface area contributed by atoms with Crippen LogP contribution in [0.3, 0.4) is 0 Å². The van der Waals surface area contributed by atoms with Crippen molar-refractivity contribution in [2.45, 2.75) is 32.2 Å². The Labute approximate surface area is 101 Å². The third-order valence-electron chi connectivity index (χ3n) is 3.58. The number of amides is 1. The normalized spacial score (nSPS) is 24.9. The Balaban J connectivity index is 2.02. The minimum Gasteiger partial charge on any atom is -0.338 e. The molecule has 0 unspecified atom stereocenters. The van der Waals surface area contributed by atoms with Gasteiger partial charge in [0.2, 0.25) is 5.91 Å². The summed E-state index contributed by atoms with van der Waals surface area (Å²) >= 11 is 0. The highest BCUT2D eigenvalue weighted by atomic mass is 16.2. The maximum atomic E-state index is 12.2. The van der Waals surface area contributed by atoms with E-state index in [-0.39, 0.29) is 11.9 Å². The van der Waals surface area contributed by atoms with Crippen LogP contribution in [0.2, 0.25) is 0 Å². The smallest absolute Gasteiger partial charge is 0.228 e. The number of nitrogens with two attached hydrogens (primary N) is 1. The van der Waals surface area contributed by atoms with Crippen molar-refractivity contribution in [3.8, 4) is 0 Å². The standard InChI is InChI=1S/C12H20N4O/c1-9-3-2-6-16(11(9)8-13)12(17)7-10-4-5-14-15-10/h4-5,9,11H,2-3,6-8,13H2,1H3,(H,14,15)/t9-,11-/m0/s1. The van der Waals surface area contributed by atoms with Gasteiger partial charge in [-0.15, -0.1) is 0 Å². The molecule has 94 valence electrons. The van der Waals surface area contributed by atoms with Crippen molar-refractivity contribution < 1.29 is 4.79 Å². The first kappa shape index (κ1) is 12.1. The number of carbonyl (C=O) groups excluding carboxylic acids is 1. The zero-order valence-corrected chi connectivity index (χ0v) is 10.2. The van der Waals surface area contributed by atoms with E-state index >= 15 is 0 Å².